The van der Waals surface area contributed by atoms with Crippen LogP contribution in [0.15, 0.2) is 48.5 Å². The molecule has 0 N–H and O–H groups in total. The first-order chi connectivity index (χ1) is 11.4. The van der Waals surface area contributed by atoms with Crippen LogP contribution in [0.4, 0.5) is 0 Å². The fourth-order valence-corrected chi connectivity index (χ4v) is 2.20. The zero-order valence-corrected chi connectivity index (χ0v) is 14.2. The number of hydrogen-bond donors (Lipinski definition) is 0. The topological polar surface area (TPSA) is 61.8 Å². The molecule has 0 saturated heterocycles. The van der Waals surface area contributed by atoms with Crippen molar-refractivity contribution < 1.29 is 23.8 Å². The normalized spacial score (nSPS) is 10.8. The van der Waals surface area contributed by atoms with Crippen LogP contribution < -0.4 is 9.47 Å². The van der Waals surface area contributed by atoms with E-state index in [2.05, 4.69) is 4.74 Å². The molecule has 5 nitrogen and oxygen atoms in total. The minimum Gasteiger partial charge on any atom is -0.493 e. The number of rotatable bonds is 5. The second-order valence-corrected chi connectivity index (χ2v) is 5.74. The number of esters is 2. The summed E-state index contributed by atoms with van der Waals surface area (Å²) in [5.74, 6) is -0.372. The van der Waals surface area contributed by atoms with E-state index in [0.29, 0.717) is 5.56 Å². The van der Waals surface area contributed by atoms with Gasteiger partial charge in [0.05, 0.1) is 25.2 Å². The SMILES string of the molecule is COC(=O)c1ccc(OC(=O)C(C)(C)c2ccccc2)c(OC)c1. The molecule has 5 heteroatoms. The van der Waals surface area contributed by atoms with Gasteiger partial charge in [0.1, 0.15) is 0 Å². The lowest BCUT2D eigenvalue weighted by Crippen LogP contribution is -2.33. The predicted molar refractivity (Wildman–Crippen MR) is 89.4 cm³/mol. The largest absolute Gasteiger partial charge is 0.493 e. The van der Waals surface area contributed by atoms with E-state index < -0.39 is 17.4 Å². The highest BCUT2D eigenvalue weighted by molar-refractivity contribution is 5.90. The molecular weight excluding hydrogens is 308 g/mol. The van der Waals surface area contributed by atoms with Crippen molar-refractivity contribution in [1.82, 2.24) is 0 Å². The molecular formula is C19H20O5. The summed E-state index contributed by atoms with van der Waals surface area (Å²) in [7, 11) is 2.74. The van der Waals surface area contributed by atoms with Gasteiger partial charge in [0, 0.05) is 0 Å². The van der Waals surface area contributed by atoms with Gasteiger partial charge in [0.25, 0.3) is 0 Å². The van der Waals surface area contributed by atoms with Crippen LogP contribution in [0, 0.1) is 0 Å². The number of hydrogen-bond acceptors (Lipinski definition) is 5. The predicted octanol–water partition coefficient (Wildman–Crippen LogP) is 3.37. The average molecular weight is 328 g/mol. The molecule has 0 aliphatic rings. The second kappa shape index (κ2) is 7.17. The molecule has 0 aromatic heterocycles. The molecule has 0 bridgehead atoms. The van der Waals surface area contributed by atoms with Crippen molar-refractivity contribution in [3.05, 3.63) is 59.7 Å². The molecule has 0 atom stereocenters. The standard InChI is InChI=1S/C19H20O5/c1-19(2,14-8-6-5-7-9-14)18(21)24-15-11-10-13(17(20)23-4)12-16(15)22-3/h5-12H,1-4H3. The molecule has 2 aromatic carbocycles. The van der Waals surface area contributed by atoms with Crippen LogP contribution in [0.5, 0.6) is 11.5 Å². The Kier molecular flexibility index (Phi) is 5.24. The fourth-order valence-electron chi connectivity index (χ4n) is 2.20. The Labute approximate surface area is 141 Å². The number of carbonyl (C=O) groups is 2. The monoisotopic (exact) mass is 328 g/mol. The van der Waals surface area contributed by atoms with Gasteiger partial charge in [-0.1, -0.05) is 30.3 Å². The molecule has 126 valence electrons. The molecule has 0 saturated carbocycles. The number of carbonyl (C=O) groups excluding carboxylic acids is 2. The van der Waals surface area contributed by atoms with E-state index in [4.69, 9.17) is 9.47 Å². The van der Waals surface area contributed by atoms with Gasteiger partial charge in [0.2, 0.25) is 0 Å². The lowest BCUT2D eigenvalue weighted by Gasteiger charge is -2.23. The third-order valence-corrected chi connectivity index (χ3v) is 3.79. The molecule has 0 unspecified atom stereocenters. The first-order valence-corrected chi connectivity index (χ1v) is 7.44. The van der Waals surface area contributed by atoms with Gasteiger partial charge in [-0.3, -0.25) is 4.79 Å². The van der Waals surface area contributed by atoms with E-state index in [-0.39, 0.29) is 11.5 Å². The van der Waals surface area contributed by atoms with Gasteiger partial charge in [-0.05, 0) is 37.6 Å². The molecule has 24 heavy (non-hydrogen) atoms. The zero-order chi connectivity index (χ0) is 17.7. The Balaban J connectivity index is 2.27. The summed E-state index contributed by atoms with van der Waals surface area (Å²) < 4.78 is 15.4. The highest BCUT2D eigenvalue weighted by Crippen LogP contribution is 2.32. The maximum absolute atomic E-state index is 12.6. The Morgan fingerprint density at radius 2 is 1.58 bits per heavy atom. The van der Waals surface area contributed by atoms with Crippen molar-refractivity contribution in [3.8, 4) is 11.5 Å². The first-order valence-electron chi connectivity index (χ1n) is 7.44. The average Bonchev–Trinajstić information content (AvgIpc) is 2.61. The molecule has 0 aliphatic carbocycles. The zero-order valence-electron chi connectivity index (χ0n) is 14.2. The minimum absolute atomic E-state index is 0.249. The number of methoxy groups -OCH3 is 2. The molecule has 2 aromatic rings. The first kappa shape index (κ1) is 17.5. The van der Waals surface area contributed by atoms with Crippen molar-refractivity contribution in [2.24, 2.45) is 0 Å². The third-order valence-electron chi connectivity index (χ3n) is 3.79. The van der Waals surface area contributed by atoms with Crippen LogP contribution in [-0.2, 0) is 14.9 Å². The van der Waals surface area contributed by atoms with Crippen molar-refractivity contribution in [3.63, 3.8) is 0 Å². The summed E-state index contributed by atoms with van der Waals surface area (Å²) in [5.41, 5.74) is 0.337. The molecule has 0 aliphatic heterocycles. The minimum atomic E-state index is -0.826. The lowest BCUT2D eigenvalue weighted by molar-refractivity contribution is -0.139. The maximum Gasteiger partial charge on any atom is 0.337 e. The van der Waals surface area contributed by atoms with Gasteiger partial charge in [-0.2, -0.15) is 0 Å². The van der Waals surface area contributed by atoms with Crippen LogP contribution in [0.2, 0.25) is 0 Å². The van der Waals surface area contributed by atoms with Crippen LogP contribution in [-0.4, -0.2) is 26.2 Å². The summed E-state index contributed by atoms with van der Waals surface area (Å²) in [4.78, 5) is 24.2. The molecule has 0 fully saturated rings. The second-order valence-electron chi connectivity index (χ2n) is 5.74. The Morgan fingerprint density at radius 1 is 0.917 bits per heavy atom. The van der Waals surface area contributed by atoms with E-state index in [9.17, 15) is 9.59 Å². The van der Waals surface area contributed by atoms with Gasteiger partial charge in [-0.15, -0.1) is 0 Å². The van der Waals surface area contributed by atoms with E-state index in [1.54, 1.807) is 13.8 Å². The van der Waals surface area contributed by atoms with Gasteiger partial charge in [-0.25, -0.2) is 4.79 Å². The highest BCUT2D eigenvalue weighted by atomic mass is 16.6. The van der Waals surface area contributed by atoms with Gasteiger partial charge >= 0.3 is 11.9 Å². The van der Waals surface area contributed by atoms with Crippen molar-refractivity contribution >= 4 is 11.9 Å². The summed E-state index contributed by atoms with van der Waals surface area (Å²) in [6.07, 6.45) is 0. The van der Waals surface area contributed by atoms with Crippen molar-refractivity contribution in [1.29, 1.82) is 0 Å². The Hall–Kier alpha value is -2.82. The molecule has 0 radical (unpaired) electrons. The quantitative estimate of drug-likeness (QED) is 0.622. The van der Waals surface area contributed by atoms with Crippen LogP contribution >= 0.6 is 0 Å². The summed E-state index contributed by atoms with van der Waals surface area (Å²) in [6, 6.07) is 13.9. The summed E-state index contributed by atoms with van der Waals surface area (Å²) >= 11 is 0. The van der Waals surface area contributed by atoms with E-state index >= 15 is 0 Å². The molecule has 0 heterocycles. The lowest BCUT2D eigenvalue weighted by atomic mass is 9.85. The summed E-state index contributed by atoms with van der Waals surface area (Å²) in [5, 5.41) is 0. The van der Waals surface area contributed by atoms with Crippen LogP contribution in [0.1, 0.15) is 29.8 Å². The van der Waals surface area contributed by atoms with Gasteiger partial charge < -0.3 is 14.2 Å². The van der Waals surface area contributed by atoms with E-state index in [0.717, 1.165) is 5.56 Å². The van der Waals surface area contributed by atoms with Gasteiger partial charge in [0.15, 0.2) is 11.5 Å². The Bertz CT molecular complexity index is 735. The smallest absolute Gasteiger partial charge is 0.337 e. The third kappa shape index (κ3) is 3.56. The van der Waals surface area contributed by atoms with Crippen LogP contribution in [0.25, 0.3) is 0 Å². The van der Waals surface area contributed by atoms with E-state index in [1.807, 2.05) is 30.3 Å². The fraction of sp³-hybridized carbons (Fsp3) is 0.263. The van der Waals surface area contributed by atoms with Crippen molar-refractivity contribution in [2.45, 2.75) is 19.3 Å². The van der Waals surface area contributed by atoms with Crippen molar-refractivity contribution in [2.75, 3.05) is 14.2 Å². The Morgan fingerprint density at radius 3 is 2.17 bits per heavy atom. The van der Waals surface area contributed by atoms with E-state index in [1.165, 1.54) is 32.4 Å². The highest BCUT2D eigenvalue weighted by Gasteiger charge is 2.32. The number of benzene rings is 2. The molecule has 0 amide bonds. The van der Waals surface area contributed by atoms with Crippen LogP contribution in [0.3, 0.4) is 0 Å². The number of ether oxygens (including phenoxy) is 3. The summed E-state index contributed by atoms with van der Waals surface area (Å²) in [6.45, 7) is 3.58. The molecule has 2 rings (SSSR count). The molecule has 0 spiro atoms. The maximum atomic E-state index is 12.6.